The summed E-state index contributed by atoms with van der Waals surface area (Å²) in [7, 11) is 0. The molecule has 0 aliphatic heterocycles. The Hall–Kier alpha value is -7.82. The molecule has 7 rings (SSSR count). The van der Waals surface area contributed by atoms with Crippen LogP contribution in [0.1, 0.15) is 54.9 Å². The topological polar surface area (TPSA) is 64.1 Å². The summed E-state index contributed by atoms with van der Waals surface area (Å²) >= 11 is 0. The Bertz CT molecular complexity index is 2990. The lowest BCUT2D eigenvalue weighted by molar-refractivity contribution is -0.657. The van der Waals surface area contributed by atoms with Gasteiger partial charge in [0.05, 0.1) is 55.5 Å². The van der Waals surface area contributed by atoms with Gasteiger partial charge < -0.3 is 0 Å². The monoisotopic (exact) mass is 1160 g/mol. The van der Waals surface area contributed by atoms with E-state index in [1.807, 2.05) is 30.3 Å². The molecule has 0 bridgehead atoms. The van der Waals surface area contributed by atoms with Crippen LogP contribution in [0.2, 0.25) is 0 Å². The van der Waals surface area contributed by atoms with Crippen molar-refractivity contribution in [2.45, 2.75) is 56.0 Å². The lowest BCUT2D eigenvalue weighted by Crippen LogP contribution is -2.75. The summed E-state index contributed by atoms with van der Waals surface area (Å²) in [5.74, 6) is -0.0374. The fourth-order valence-corrected chi connectivity index (χ4v) is 8.44. The van der Waals surface area contributed by atoms with E-state index >= 15 is 0 Å². The lowest BCUT2D eigenvalue weighted by Gasteiger charge is -2.46. The number of carbonyl (C=O) groups is 1. The van der Waals surface area contributed by atoms with Crippen LogP contribution in [0.4, 0.5) is 111 Å². The van der Waals surface area contributed by atoms with Crippen molar-refractivity contribution < 1.29 is 120 Å². The van der Waals surface area contributed by atoms with Gasteiger partial charge in [0.25, 0.3) is 5.69 Å². The van der Waals surface area contributed by atoms with E-state index in [2.05, 4.69) is 0 Å². The molecule has 0 spiro atoms. The molecule has 0 aliphatic rings. The highest BCUT2D eigenvalue weighted by Crippen LogP contribution is 2.41. The first-order valence-corrected chi connectivity index (χ1v) is 21.4. The standard InChI is InChI=1S/C32H12BF24.C17H13N2O3/c34-25(35,36)13-1-14(26(37,38)39)6-21(5-13)33(22-7-15(27(40,41)42)2-16(8-22)28(43,44)45,23-9-17(29(46,47)48)3-18(10-23)30(49,50)51)24-11-19(31(52,53)54)4-20(12-24)32(55,56)57;20-17(14-5-2-1-3-6-14)12-18-10-4-7-13-8-9-15(19(21)22)11-16(13)18/h1-12H;1-11H,12H2/q-1;+1. The second-order valence-electron chi connectivity index (χ2n) is 17.1. The number of nitro benzene ring substituents is 1. The summed E-state index contributed by atoms with van der Waals surface area (Å²) in [5.41, 5.74) is -28.9. The molecule has 1 heterocycles. The zero-order valence-electron chi connectivity index (χ0n) is 38.3. The maximum atomic E-state index is 14.2. The highest BCUT2D eigenvalue weighted by atomic mass is 19.4. The smallest absolute Gasteiger partial charge is 0.287 e. The Morgan fingerprint density at radius 3 is 0.949 bits per heavy atom. The first-order valence-electron chi connectivity index (χ1n) is 21.4. The van der Waals surface area contributed by atoms with Crippen molar-refractivity contribution in [3.8, 4) is 0 Å². The molecule has 79 heavy (non-hydrogen) atoms. The minimum Gasteiger partial charge on any atom is -0.287 e. The molecule has 0 radical (unpaired) electrons. The Morgan fingerprint density at radius 2 is 0.684 bits per heavy atom. The maximum absolute atomic E-state index is 14.2. The summed E-state index contributed by atoms with van der Waals surface area (Å²) in [4.78, 5) is 22.8. The van der Waals surface area contributed by atoms with Gasteiger partial charge in [-0.1, -0.05) is 78.9 Å². The predicted octanol–water partition coefficient (Wildman–Crippen LogP) is 14.1. The predicted molar refractivity (Wildman–Crippen MR) is 232 cm³/mol. The van der Waals surface area contributed by atoms with Crippen LogP contribution in [0.3, 0.4) is 0 Å². The number of alkyl halides is 24. The zero-order valence-corrected chi connectivity index (χ0v) is 38.3. The quantitative estimate of drug-likeness (QED) is 0.0380. The van der Waals surface area contributed by atoms with Crippen LogP contribution >= 0.6 is 0 Å². The van der Waals surface area contributed by atoms with Crippen molar-refractivity contribution in [1.29, 1.82) is 0 Å². The number of nitro groups is 1. The number of rotatable bonds is 8. The Balaban J connectivity index is 0.000000378. The molecule has 7 aromatic rings. The van der Waals surface area contributed by atoms with Crippen molar-refractivity contribution in [3.63, 3.8) is 0 Å². The molecule has 0 N–H and O–H groups in total. The highest BCUT2D eigenvalue weighted by Gasteiger charge is 2.47. The summed E-state index contributed by atoms with van der Waals surface area (Å²) in [6.07, 6.45) is -53.0. The Morgan fingerprint density at radius 1 is 0.392 bits per heavy atom. The Labute approximate surface area is 425 Å². The van der Waals surface area contributed by atoms with Gasteiger partial charge in [-0.15, -0.1) is 0 Å². The number of non-ortho nitro benzene ring substituents is 1. The van der Waals surface area contributed by atoms with Crippen molar-refractivity contribution in [3.05, 3.63) is 200 Å². The minimum atomic E-state index is -6.13. The number of hydrogen-bond acceptors (Lipinski definition) is 3. The van der Waals surface area contributed by atoms with Crippen LogP contribution in [0.5, 0.6) is 0 Å². The molecule has 1 aromatic heterocycles. The lowest BCUT2D eigenvalue weighted by atomic mass is 9.12. The van der Waals surface area contributed by atoms with E-state index in [4.69, 9.17) is 0 Å². The van der Waals surface area contributed by atoms with Gasteiger partial charge in [0, 0.05) is 23.1 Å². The molecular weight excluding hydrogens is 1130 g/mol. The number of benzene rings is 6. The minimum absolute atomic E-state index is 0.0135. The van der Waals surface area contributed by atoms with Crippen LogP contribution in [0.15, 0.2) is 140 Å². The number of fused-ring (bicyclic) bond motifs is 1. The van der Waals surface area contributed by atoms with Crippen LogP contribution < -0.4 is 26.4 Å². The normalized spacial score (nSPS) is 13.3. The number of hydrogen-bond donors (Lipinski definition) is 0. The van der Waals surface area contributed by atoms with Gasteiger partial charge in [-0.3, -0.25) is 14.9 Å². The molecular formula is C49H25BF24N2O3. The third-order valence-corrected chi connectivity index (χ3v) is 11.9. The van der Waals surface area contributed by atoms with E-state index < -0.39 is 200 Å². The van der Waals surface area contributed by atoms with Gasteiger partial charge in [-0.2, -0.15) is 132 Å². The third kappa shape index (κ3) is 13.5. The first kappa shape index (κ1) is 60.4. The van der Waals surface area contributed by atoms with E-state index in [9.17, 15) is 120 Å². The number of nitrogens with zero attached hydrogens (tertiary/aromatic N) is 2. The molecule has 0 atom stereocenters. The number of aromatic nitrogens is 1. The van der Waals surface area contributed by atoms with E-state index in [0.717, 1.165) is 5.39 Å². The summed E-state index contributed by atoms with van der Waals surface area (Å²) in [6.45, 7) is 0.141. The van der Waals surface area contributed by atoms with Gasteiger partial charge in [0.1, 0.15) is 6.15 Å². The fraction of sp³-hybridized carbons (Fsp3) is 0.184. The molecule has 0 fully saturated rings. The Kier molecular flexibility index (Phi) is 15.9. The largest absolute Gasteiger partial charge is 0.416 e. The van der Waals surface area contributed by atoms with Crippen molar-refractivity contribution in [1.82, 2.24) is 0 Å². The van der Waals surface area contributed by atoms with Gasteiger partial charge in [0.15, 0.2) is 6.20 Å². The van der Waals surface area contributed by atoms with Crippen LogP contribution in [0, 0.1) is 10.1 Å². The first-order chi connectivity index (χ1) is 35.9. The molecule has 6 aromatic carbocycles. The average molecular weight is 1160 g/mol. The molecule has 30 heteroatoms. The molecule has 0 aliphatic carbocycles. The van der Waals surface area contributed by atoms with E-state index in [0.29, 0.717) is 11.1 Å². The van der Waals surface area contributed by atoms with Crippen LogP contribution in [0.25, 0.3) is 10.9 Å². The molecule has 0 saturated carbocycles. The van der Waals surface area contributed by atoms with E-state index in [1.165, 1.54) is 12.1 Å². The highest BCUT2D eigenvalue weighted by molar-refractivity contribution is 7.20. The van der Waals surface area contributed by atoms with Gasteiger partial charge in [0.2, 0.25) is 17.8 Å². The van der Waals surface area contributed by atoms with Crippen LogP contribution in [-0.2, 0) is 56.0 Å². The molecule has 0 amide bonds. The number of pyridine rings is 1. The zero-order chi connectivity index (χ0) is 59.4. The number of halogens is 24. The molecule has 0 saturated heterocycles. The fourth-order valence-electron chi connectivity index (χ4n) is 8.44. The van der Waals surface area contributed by atoms with Crippen molar-refractivity contribution >= 4 is 50.4 Å². The van der Waals surface area contributed by atoms with E-state index in [1.54, 1.807) is 29.0 Å². The third-order valence-electron chi connectivity index (χ3n) is 11.9. The van der Waals surface area contributed by atoms with Gasteiger partial charge in [-0.05, 0) is 36.4 Å². The average Bonchev–Trinajstić information content (AvgIpc) is 3.35. The number of ketones is 1. The van der Waals surface area contributed by atoms with Crippen LogP contribution in [-0.4, -0.2) is 16.9 Å². The van der Waals surface area contributed by atoms with Gasteiger partial charge >= 0.3 is 49.4 Å². The SMILES string of the molecule is FC(F)(F)c1cc([B-](c2cc(C(F)(F)F)cc(C(F)(F)F)c2)(c2cc(C(F)(F)F)cc(C(F)(F)F)c2)c2cc(C(F)(F)F)cc(C(F)(F)F)c2)cc(C(F)(F)F)c1.O=C(C[n+]1cccc2ccc([N+](=O)[O-])cc21)c1ccccc1. The summed E-state index contributed by atoms with van der Waals surface area (Å²) in [6, 6.07) is 8.52. The second-order valence-corrected chi connectivity index (χ2v) is 17.1. The molecule has 420 valence electrons. The number of Topliss-reactive ketones (excluding diaryl/α,β-unsaturated/α-hetero) is 1. The van der Waals surface area contributed by atoms with Gasteiger partial charge in [-0.25, -0.2) is 0 Å². The maximum Gasteiger partial charge on any atom is 0.416 e. The van der Waals surface area contributed by atoms with E-state index in [-0.39, 0.29) is 18.0 Å². The second kappa shape index (κ2) is 20.8. The van der Waals surface area contributed by atoms with Crippen molar-refractivity contribution in [2.75, 3.05) is 0 Å². The molecule has 5 nitrogen and oxygen atoms in total. The summed E-state index contributed by atoms with van der Waals surface area (Å²) < 4.78 is 343. The number of carbonyl (C=O) groups excluding carboxylic acids is 1. The van der Waals surface area contributed by atoms with Crippen molar-refractivity contribution in [2.24, 2.45) is 0 Å². The molecule has 0 unspecified atom stereocenters. The summed E-state index contributed by atoms with van der Waals surface area (Å²) in [5, 5.41) is 11.8.